The van der Waals surface area contributed by atoms with Gasteiger partial charge < -0.3 is 15.2 Å². The Kier molecular flexibility index (Phi) is 4.61. The highest BCUT2D eigenvalue weighted by Crippen LogP contribution is 2.25. The Hall–Kier alpha value is -2.35. The van der Waals surface area contributed by atoms with Crippen molar-refractivity contribution >= 4 is 35.0 Å². The topological polar surface area (TPSA) is 100 Å². The number of ether oxygens (including phenoxy) is 1. The Morgan fingerprint density at radius 1 is 1.52 bits per heavy atom. The molecule has 1 aromatic carbocycles. The normalized spacial score (nSPS) is 22.0. The molecule has 2 aliphatic heterocycles. The van der Waals surface area contributed by atoms with E-state index < -0.39 is 11.2 Å². The van der Waals surface area contributed by atoms with Crippen molar-refractivity contribution in [1.29, 1.82) is 0 Å². The Morgan fingerprint density at radius 3 is 3.22 bits per heavy atom. The van der Waals surface area contributed by atoms with Gasteiger partial charge in [0, 0.05) is 0 Å². The number of aliphatic carboxylic acids is 1. The number of amides is 1. The third kappa shape index (κ3) is 3.89. The van der Waals surface area contributed by atoms with Gasteiger partial charge in [0.2, 0.25) is 5.91 Å². The fourth-order valence-electron chi connectivity index (χ4n) is 2.35. The fraction of sp³-hybridized carbons (Fsp3) is 0.333. The molecule has 0 aliphatic carbocycles. The highest BCUT2D eigenvalue weighted by Gasteiger charge is 2.32. The molecule has 0 radical (unpaired) electrons. The molecule has 1 aromatic rings. The highest BCUT2D eigenvalue weighted by atomic mass is 32.2. The maximum atomic E-state index is 11.6. The number of aryl methyl sites for hydroxylation is 1. The summed E-state index contributed by atoms with van der Waals surface area (Å²) >= 11 is 1.08. The molecule has 1 fully saturated rings. The molecule has 7 nitrogen and oxygen atoms in total. The van der Waals surface area contributed by atoms with Gasteiger partial charge in [0.1, 0.15) is 11.0 Å². The molecule has 1 atom stereocenters. The summed E-state index contributed by atoms with van der Waals surface area (Å²) in [6.45, 7) is 0.752. The van der Waals surface area contributed by atoms with E-state index in [-0.39, 0.29) is 12.3 Å². The second-order valence-electron chi connectivity index (χ2n) is 5.16. The summed E-state index contributed by atoms with van der Waals surface area (Å²) in [5.41, 5.74) is 2.05. The second kappa shape index (κ2) is 6.82. The first-order chi connectivity index (χ1) is 11.1. The zero-order valence-corrected chi connectivity index (χ0v) is 13.0. The monoisotopic (exact) mass is 333 g/mol. The summed E-state index contributed by atoms with van der Waals surface area (Å²) in [4.78, 5) is 22.2. The van der Waals surface area contributed by atoms with Crippen LogP contribution in [-0.2, 0) is 16.0 Å². The van der Waals surface area contributed by atoms with Gasteiger partial charge in [-0.1, -0.05) is 11.8 Å². The molecule has 2 N–H and O–H groups in total. The van der Waals surface area contributed by atoms with Crippen molar-refractivity contribution in [2.75, 3.05) is 6.61 Å². The molecule has 0 aromatic heterocycles. The van der Waals surface area contributed by atoms with Crippen LogP contribution in [0, 0.1) is 0 Å². The molecule has 1 unspecified atom stereocenters. The van der Waals surface area contributed by atoms with Crippen LogP contribution in [0.25, 0.3) is 0 Å². The van der Waals surface area contributed by atoms with Crippen LogP contribution in [0.15, 0.2) is 28.4 Å². The van der Waals surface area contributed by atoms with Crippen molar-refractivity contribution < 1.29 is 19.4 Å². The molecule has 0 spiro atoms. The number of hydrogen-bond acceptors (Lipinski definition) is 6. The quantitative estimate of drug-likeness (QED) is 0.641. The number of carboxylic acids is 1. The summed E-state index contributed by atoms with van der Waals surface area (Å²) in [5, 5.41) is 18.8. The number of rotatable bonds is 4. The van der Waals surface area contributed by atoms with Crippen LogP contribution < -0.4 is 10.1 Å². The van der Waals surface area contributed by atoms with E-state index in [4.69, 9.17) is 9.84 Å². The molecule has 8 heteroatoms. The predicted octanol–water partition coefficient (Wildman–Crippen LogP) is 1.41. The lowest BCUT2D eigenvalue weighted by Crippen LogP contribution is -2.26. The molecule has 0 bridgehead atoms. The van der Waals surface area contributed by atoms with E-state index in [0.29, 0.717) is 5.17 Å². The van der Waals surface area contributed by atoms with E-state index in [1.54, 1.807) is 6.21 Å². The first-order valence-corrected chi connectivity index (χ1v) is 8.06. The smallest absolute Gasteiger partial charge is 0.305 e. The number of benzene rings is 1. The Bertz CT molecular complexity index is 702. The van der Waals surface area contributed by atoms with Gasteiger partial charge in [-0.15, -0.1) is 5.10 Å². The van der Waals surface area contributed by atoms with E-state index in [0.717, 1.165) is 48.1 Å². The van der Waals surface area contributed by atoms with Gasteiger partial charge in [0.25, 0.3) is 0 Å². The average Bonchev–Trinajstić information content (AvgIpc) is 2.86. The van der Waals surface area contributed by atoms with E-state index in [9.17, 15) is 9.59 Å². The zero-order chi connectivity index (χ0) is 16.2. The van der Waals surface area contributed by atoms with Gasteiger partial charge in [-0.3, -0.25) is 9.59 Å². The maximum Gasteiger partial charge on any atom is 0.305 e. The molecule has 2 heterocycles. The number of carboxylic acid groups (broad SMARTS) is 1. The van der Waals surface area contributed by atoms with Crippen molar-refractivity contribution in [3.63, 3.8) is 0 Å². The molecule has 120 valence electrons. The van der Waals surface area contributed by atoms with E-state index in [1.807, 2.05) is 18.2 Å². The Labute approximate surface area is 136 Å². The minimum atomic E-state index is -1.02. The van der Waals surface area contributed by atoms with Crippen LogP contribution in [-0.4, -0.2) is 40.2 Å². The first-order valence-electron chi connectivity index (χ1n) is 7.18. The van der Waals surface area contributed by atoms with Crippen LogP contribution in [0.1, 0.15) is 24.0 Å². The van der Waals surface area contributed by atoms with Crippen LogP contribution in [0.3, 0.4) is 0 Å². The molecule has 2 aliphatic rings. The Morgan fingerprint density at radius 2 is 2.39 bits per heavy atom. The Balaban J connectivity index is 1.64. The van der Waals surface area contributed by atoms with Gasteiger partial charge in [-0.25, -0.2) is 0 Å². The van der Waals surface area contributed by atoms with Crippen molar-refractivity contribution in [2.24, 2.45) is 10.2 Å². The van der Waals surface area contributed by atoms with E-state index >= 15 is 0 Å². The van der Waals surface area contributed by atoms with Gasteiger partial charge in [0.05, 0.1) is 19.2 Å². The molecule has 0 saturated carbocycles. The van der Waals surface area contributed by atoms with Crippen LogP contribution in [0.4, 0.5) is 0 Å². The van der Waals surface area contributed by atoms with Crippen LogP contribution in [0.5, 0.6) is 5.75 Å². The van der Waals surface area contributed by atoms with Gasteiger partial charge in [0.15, 0.2) is 5.17 Å². The molecule has 3 rings (SSSR count). The predicted molar refractivity (Wildman–Crippen MR) is 87.1 cm³/mol. The standard InChI is InChI=1S/C15H15N3O4S/c19-13(20)7-12-14(21)17-15(23-12)18-16-8-9-3-4-11-10(6-9)2-1-5-22-11/h3-4,6,8,12H,1-2,5,7H2,(H,19,20)(H,17,18,21). The molecular weight excluding hydrogens is 318 g/mol. The average molecular weight is 333 g/mol. The molecule has 23 heavy (non-hydrogen) atoms. The minimum absolute atomic E-state index is 0.232. The summed E-state index contributed by atoms with van der Waals surface area (Å²) in [6.07, 6.45) is 3.35. The van der Waals surface area contributed by atoms with Crippen molar-refractivity contribution in [2.45, 2.75) is 24.5 Å². The number of amidine groups is 1. The van der Waals surface area contributed by atoms with E-state index in [2.05, 4.69) is 15.5 Å². The summed E-state index contributed by atoms with van der Waals surface area (Å²) in [7, 11) is 0. The van der Waals surface area contributed by atoms with Gasteiger partial charge in [-0.05, 0) is 42.2 Å². The van der Waals surface area contributed by atoms with Gasteiger partial charge >= 0.3 is 5.97 Å². The summed E-state index contributed by atoms with van der Waals surface area (Å²) in [5.74, 6) is -0.453. The number of carbonyl (C=O) groups is 2. The molecule has 1 amide bonds. The van der Waals surface area contributed by atoms with Crippen molar-refractivity contribution in [3.8, 4) is 5.75 Å². The van der Waals surface area contributed by atoms with Gasteiger partial charge in [-0.2, -0.15) is 5.10 Å². The zero-order valence-electron chi connectivity index (χ0n) is 12.2. The van der Waals surface area contributed by atoms with Crippen LogP contribution in [0.2, 0.25) is 0 Å². The summed E-state index contributed by atoms with van der Waals surface area (Å²) < 4.78 is 5.55. The third-order valence-electron chi connectivity index (χ3n) is 3.42. The second-order valence-corrected chi connectivity index (χ2v) is 6.35. The largest absolute Gasteiger partial charge is 0.493 e. The number of hydrogen-bond donors (Lipinski definition) is 2. The lowest BCUT2D eigenvalue weighted by molar-refractivity contribution is -0.138. The van der Waals surface area contributed by atoms with Crippen molar-refractivity contribution in [3.05, 3.63) is 29.3 Å². The first kappa shape index (κ1) is 15.5. The summed E-state index contributed by atoms with van der Waals surface area (Å²) in [6, 6.07) is 5.81. The van der Waals surface area contributed by atoms with Crippen LogP contribution >= 0.6 is 11.8 Å². The number of fused-ring (bicyclic) bond motifs is 1. The third-order valence-corrected chi connectivity index (χ3v) is 4.50. The lowest BCUT2D eigenvalue weighted by Gasteiger charge is -2.16. The SMILES string of the molecule is O=C(O)CC1SC(=NN=Cc2ccc3c(c2)CCCO3)NC1=O. The molecule has 1 saturated heterocycles. The number of thioether (sulfide) groups is 1. The highest BCUT2D eigenvalue weighted by molar-refractivity contribution is 8.15. The minimum Gasteiger partial charge on any atom is -0.493 e. The van der Waals surface area contributed by atoms with E-state index in [1.165, 1.54) is 0 Å². The fourth-order valence-corrected chi connectivity index (χ4v) is 3.27. The molecular formula is C15H15N3O4S. The maximum absolute atomic E-state index is 11.6. The number of carbonyl (C=O) groups excluding carboxylic acids is 1. The lowest BCUT2D eigenvalue weighted by atomic mass is 10.0. The number of nitrogens with one attached hydrogen (secondary N) is 1. The number of nitrogens with zero attached hydrogens (tertiary/aromatic N) is 2. The van der Waals surface area contributed by atoms with Crippen molar-refractivity contribution in [1.82, 2.24) is 5.32 Å².